The lowest BCUT2D eigenvalue weighted by Gasteiger charge is -2.04. The van der Waals surface area contributed by atoms with Gasteiger partial charge in [-0.25, -0.2) is 4.98 Å². The van der Waals surface area contributed by atoms with Crippen LogP contribution < -0.4 is 10.1 Å². The van der Waals surface area contributed by atoms with Gasteiger partial charge in [0.15, 0.2) is 5.13 Å². The summed E-state index contributed by atoms with van der Waals surface area (Å²) >= 11 is 2.97. The number of thiophene rings is 1. The quantitative estimate of drug-likeness (QED) is 0.693. The molecule has 0 spiro atoms. The zero-order valence-electron chi connectivity index (χ0n) is 12.4. The first kappa shape index (κ1) is 15.5. The van der Waals surface area contributed by atoms with Gasteiger partial charge in [-0.2, -0.15) is 0 Å². The van der Waals surface area contributed by atoms with Crippen LogP contribution in [0.25, 0.3) is 17.3 Å². The Balaban J connectivity index is 1.71. The molecular formula is C17H14N2O2S2. The maximum Gasteiger partial charge on any atom is 0.250 e. The number of rotatable bonds is 5. The molecule has 0 atom stereocenters. The number of anilines is 1. The zero-order valence-corrected chi connectivity index (χ0v) is 14.0. The summed E-state index contributed by atoms with van der Waals surface area (Å²) in [6.45, 7) is 0. The number of carbonyl (C=O) groups excluding carboxylic acids is 1. The Morgan fingerprint density at radius 3 is 2.87 bits per heavy atom. The molecule has 1 N–H and O–H groups in total. The van der Waals surface area contributed by atoms with Crippen molar-refractivity contribution < 1.29 is 9.53 Å². The van der Waals surface area contributed by atoms with E-state index in [4.69, 9.17) is 4.74 Å². The minimum atomic E-state index is -0.195. The van der Waals surface area contributed by atoms with Crippen molar-refractivity contribution in [1.29, 1.82) is 0 Å². The molecule has 4 nitrogen and oxygen atoms in total. The lowest BCUT2D eigenvalue weighted by atomic mass is 10.1. The minimum absolute atomic E-state index is 0.195. The van der Waals surface area contributed by atoms with Crippen molar-refractivity contribution >= 4 is 39.8 Å². The van der Waals surface area contributed by atoms with Gasteiger partial charge in [-0.15, -0.1) is 22.7 Å². The van der Waals surface area contributed by atoms with Crippen molar-refractivity contribution in [3.63, 3.8) is 0 Å². The molecule has 0 aliphatic carbocycles. The van der Waals surface area contributed by atoms with Crippen molar-refractivity contribution in [3.05, 3.63) is 58.1 Å². The molecule has 0 saturated carbocycles. The van der Waals surface area contributed by atoms with E-state index in [9.17, 15) is 4.79 Å². The standard InChI is InChI=1S/C17H14N2O2S2/c1-21-15-7-3-2-6-13(15)14-11-23-17(18-14)19-16(20)9-8-12-5-4-10-22-12/h2-11H,1H3,(H,18,19,20). The van der Waals surface area contributed by atoms with E-state index in [1.54, 1.807) is 24.5 Å². The van der Waals surface area contributed by atoms with Crippen LogP contribution in [0.2, 0.25) is 0 Å². The number of hydrogen-bond donors (Lipinski definition) is 1. The maximum atomic E-state index is 11.9. The lowest BCUT2D eigenvalue weighted by Crippen LogP contribution is -2.07. The van der Waals surface area contributed by atoms with Gasteiger partial charge in [-0.05, 0) is 29.7 Å². The fourth-order valence-electron chi connectivity index (χ4n) is 2.00. The Morgan fingerprint density at radius 1 is 1.22 bits per heavy atom. The minimum Gasteiger partial charge on any atom is -0.496 e. The Hall–Kier alpha value is -2.44. The highest BCUT2D eigenvalue weighted by Gasteiger charge is 2.10. The molecule has 0 unspecified atom stereocenters. The van der Waals surface area contributed by atoms with Gasteiger partial charge in [0.25, 0.3) is 0 Å². The highest BCUT2D eigenvalue weighted by atomic mass is 32.1. The van der Waals surface area contributed by atoms with Crippen LogP contribution in [0.1, 0.15) is 4.88 Å². The first-order chi connectivity index (χ1) is 11.3. The third-order valence-electron chi connectivity index (χ3n) is 3.06. The highest BCUT2D eigenvalue weighted by molar-refractivity contribution is 7.14. The molecule has 2 heterocycles. The Morgan fingerprint density at radius 2 is 2.09 bits per heavy atom. The summed E-state index contributed by atoms with van der Waals surface area (Å²) in [4.78, 5) is 17.4. The van der Waals surface area contributed by atoms with Crippen LogP contribution in [-0.4, -0.2) is 18.0 Å². The molecule has 2 aromatic heterocycles. The molecule has 6 heteroatoms. The Kier molecular flexibility index (Phi) is 4.85. The van der Waals surface area contributed by atoms with E-state index in [-0.39, 0.29) is 5.91 Å². The van der Waals surface area contributed by atoms with Crippen LogP contribution in [0.4, 0.5) is 5.13 Å². The van der Waals surface area contributed by atoms with Crippen LogP contribution in [0.3, 0.4) is 0 Å². The largest absolute Gasteiger partial charge is 0.496 e. The second kappa shape index (κ2) is 7.21. The molecule has 3 aromatic rings. The van der Waals surface area contributed by atoms with Crippen LogP contribution >= 0.6 is 22.7 Å². The van der Waals surface area contributed by atoms with Crippen molar-refractivity contribution in [3.8, 4) is 17.0 Å². The predicted molar refractivity (Wildman–Crippen MR) is 96.1 cm³/mol. The van der Waals surface area contributed by atoms with E-state index in [0.717, 1.165) is 21.9 Å². The normalized spacial score (nSPS) is 10.8. The molecule has 1 aromatic carbocycles. The number of amides is 1. The highest BCUT2D eigenvalue weighted by Crippen LogP contribution is 2.31. The number of nitrogens with zero attached hydrogens (tertiary/aromatic N) is 1. The monoisotopic (exact) mass is 342 g/mol. The van der Waals surface area contributed by atoms with E-state index in [2.05, 4.69) is 10.3 Å². The smallest absolute Gasteiger partial charge is 0.250 e. The van der Waals surface area contributed by atoms with Crippen molar-refractivity contribution in [2.24, 2.45) is 0 Å². The number of aromatic nitrogens is 1. The number of nitrogens with one attached hydrogen (secondary N) is 1. The summed E-state index contributed by atoms with van der Waals surface area (Å²) in [5, 5.41) is 7.21. The van der Waals surface area contributed by atoms with Crippen molar-refractivity contribution in [1.82, 2.24) is 4.98 Å². The average molecular weight is 342 g/mol. The summed E-state index contributed by atoms with van der Waals surface area (Å²) < 4.78 is 5.34. The fraction of sp³-hybridized carbons (Fsp3) is 0.0588. The first-order valence-corrected chi connectivity index (χ1v) is 8.63. The molecule has 3 rings (SSSR count). The number of ether oxygens (including phenoxy) is 1. The molecule has 23 heavy (non-hydrogen) atoms. The number of carbonyl (C=O) groups is 1. The van der Waals surface area contributed by atoms with Gasteiger partial charge in [0.1, 0.15) is 5.75 Å². The number of methoxy groups -OCH3 is 1. The van der Waals surface area contributed by atoms with Crippen molar-refractivity contribution in [2.45, 2.75) is 0 Å². The van der Waals surface area contributed by atoms with Gasteiger partial charge in [-0.1, -0.05) is 18.2 Å². The Labute approximate surface area is 142 Å². The third-order valence-corrected chi connectivity index (χ3v) is 4.65. The summed E-state index contributed by atoms with van der Waals surface area (Å²) in [7, 11) is 1.63. The van der Waals surface area contributed by atoms with Crippen LogP contribution in [-0.2, 0) is 4.79 Å². The SMILES string of the molecule is COc1ccccc1-c1csc(NC(=O)C=Cc2cccs2)n1. The molecule has 116 valence electrons. The average Bonchev–Trinajstić information content (AvgIpc) is 3.24. The molecule has 0 fully saturated rings. The van der Waals surface area contributed by atoms with Crippen molar-refractivity contribution in [2.75, 3.05) is 12.4 Å². The lowest BCUT2D eigenvalue weighted by molar-refractivity contribution is -0.111. The number of benzene rings is 1. The topological polar surface area (TPSA) is 51.2 Å². The molecule has 0 aliphatic rings. The van der Waals surface area contributed by atoms with Gasteiger partial charge >= 0.3 is 0 Å². The molecule has 0 bridgehead atoms. The maximum absolute atomic E-state index is 11.9. The van der Waals surface area contributed by atoms with Gasteiger partial charge in [0.2, 0.25) is 5.91 Å². The first-order valence-electron chi connectivity index (χ1n) is 6.88. The summed E-state index contributed by atoms with van der Waals surface area (Å²) in [5.41, 5.74) is 1.69. The van der Waals surface area contributed by atoms with Crippen LogP contribution in [0.5, 0.6) is 5.75 Å². The van der Waals surface area contributed by atoms with Gasteiger partial charge < -0.3 is 4.74 Å². The number of thiazole rings is 1. The van der Waals surface area contributed by atoms with Crippen LogP contribution in [0.15, 0.2) is 53.2 Å². The fourth-order valence-corrected chi connectivity index (χ4v) is 3.33. The molecular weight excluding hydrogens is 328 g/mol. The van der Waals surface area contributed by atoms with Gasteiger partial charge in [0.05, 0.1) is 12.8 Å². The zero-order chi connectivity index (χ0) is 16.1. The van der Waals surface area contributed by atoms with Gasteiger partial charge in [0, 0.05) is 21.9 Å². The van der Waals surface area contributed by atoms with E-state index >= 15 is 0 Å². The number of hydrogen-bond acceptors (Lipinski definition) is 5. The van der Waals surface area contributed by atoms with E-state index in [1.807, 2.05) is 47.2 Å². The number of para-hydroxylation sites is 1. The molecule has 1 amide bonds. The summed E-state index contributed by atoms with van der Waals surface area (Å²) in [5.74, 6) is 0.563. The molecule has 0 aliphatic heterocycles. The summed E-state index contributed by atoms with van der Waals surface area (Å²) in [6.07, 6.45) is 3.30. The van der Waals surface area contributed by atoms with Gasteiger partial charge in [-0.3, -0.25) is 10.1 Å². The van der Waals surface area contributed by atoms with E-state index < -0.39 is 0 Å². The summed E-state index contributed by atoms with van der Waals surface area (Å²) in [6, 6.07) is 11.6. The molecule has 0 saturated heterocycles. The van der Waals surface area contributed by atoms with E-state index in [0.29, 0.717) is 5.13 Å². The molecule has 0 radical (unpaired) electrons. The second-order valence-corrected chi connectivity index (χ2v) is 6.41. The third kappa shape index (κ3) is 3.85. The van der Waals surface area contributed by atoms with E-state index in [1.165, 1.54) is 17.4 Å². The van der Waals surface area contributed by atoms with Crippen LogP contribution in [0, 0.1) is 0 Å². The predicted octanol–water partition coefficient (Wildman–Crippen LogP) is 4.53. The second-order valence-electron chi connectivity index (χ2n) is 4.58. The Bertz CT molecular complexity index is 823.